The van der Waals surface area contributed by atoms with Gasteiger partial charge in [-0.15, -0.1) is 0 Å². The number of rotatable bonds is 8. The molecular weight excluding hydrogens is 360 g/mol. The van der Waals surface area contributed by atoms with Crippen LogP contribution in [0.2, 0.25) is 0 Å². The summed E-state index contributed by atoms with van der Waals surface area (Å²) in [5, 5.41) is 0. The summed E-state index contributed by atoms with van der Waals surface area (Å²) in [6, 6.07) is 22.3. The van der Waals surface area contributed by atoms with E-state index < -0.39 is 0 Å². The van der Waals surface area contributed by atoms with Gasteiger partial charge < -0.3 is 9.64 Å². The number of aromatic nitrogens is 1. The molecule has 0 radical (unpaired) electrons. The zero-order chi connectivity index (χ0) is 20.9. The molecule has 0 saturated heterocycles. The molecule has 3 aromatic rings. The number of hydrogen-bond donors (Lipinski definition) is 0. The van der Waals surface area contributed by atoms with E-state index in [4.69, 9.17) is 4.74 Å². The normalized spacial score (nSPS) is 9.90. The van der Waals surface area contributed by atoms with Gasteiger partial charge in [0, 0.05) is 24.8 Å². The third-order valence-electron chi connectivity index (χ3n) is 4.47. The van der Waals surface area contributed by atoms with Crippen LogP contribution >= 0.6 is 0 Å². The molecule has 1 aromatic heterocycles. The molecule has 1 amide bonds. The maximum absolute atomic E-state index is 10.5. The van der Waals surface area contributed by atoms with E-state index in [0.29, 0.717) is 13.2 Å². The molecule has 2 aromatic carbocycles. The summed E-state index contributed by atoms with van der Waals surface area (Å²) in [4.78, 5) is 16.5. The van der Waals surface area contributed by atoms with Crippen molar-refractivity contribution in [2.24, 2.45) is 0 Å². The predicted molar refractivity (Wildman–Crippen MR) is 119 cm³/mol. The number of hydrogen-bond acceptors (Lipinski definition) is 3. The molecule has 4 heteroatoms. The van der Waals surface area contributed by atoms with E-state index in [1.54, 1.807) is 11.1 Å². The fourth-order valence-electron chi connectivity index (χ4n) is 2.83. The lowest BCUT2D eigenvalue weighted by Gasteiger charge is -2.13. The lowest BCUT2D eigenvalue weighted by atomic mass is 10.0. The summed E-state index contributed by atoms with van der Waals surface area (Å²) in [7, 11) is 0. The van der Waals surface area contributed by atoms with E-state index in [2.05, 4.69) is 31.0 Å². The van der Waals surface area contributed by atoms with Crippen LogP contribution in [0, 0.1) is 6.92 Å². The zero-order valence-corrected chi connectivity index (χ0v) is 17.5. The van der Waals surface area contributed by atoms with Gasteiger partial charge in [-0.2, -0.15) is 0 Å². The van der Waals surface area contributed by atoms with Crippen LogP contribution in [0.3, 0.4) is 0 Å². The van der Waals surface area contributed by atoms with Crippen molar-refractivity contribution in [3.05, 3.63) is 84.1 Å². The number of benzene rings is 2. The Kier molecular flexibility index (Phi) is 9.43. The zero-order valence-electron chi connectivity index (χ0n) is 17.5. The smallest absolute Gasteiger partial charge is 0.216 e. The van der Waals surface area contributed by atoms with Crippen molar-refractivity contribution in [2.75, 3.05) is 13.2 Å². The molecule has 0 aliphatic heterocycles. The molecule has 0 unspecified atom stereocenters. The Bertz CT molecular complexity index is 851. The third-order valence-corrected chi connectivity index (χ3v) is 4.47. The van der Waals surface area contributed by atoms with Crippen molar-refractivity contribution in [1.82, 2.24) is 9.88 Å². The molecule has 4 nitrogen and oxygen atoms in total. The van der Waals surface area contributed by atoms with Crippen molar-refractivity contribution in [3.8, 4) is 17.0 Å². The first-order valence-electron chi connectivity index (χ1n) is 10.1. The molecule has 0 aliphatic rings. The van der Waals surface area contributed by atoms with Gasteiger partial charge in [-0.3, -0.25) is 4.79 Å². The predicted octanol–water partition coefficient (Wildman–Crippen LogP) is 5.51. The Hall–Kier alpha value is -3.14. The van der Waals surface area contributed by atoms with Crippen molar-refractivity contribution < 1.29 is 9.53 Å². The number of carbonyl (C=O) groups excluding carboxylic acids is 1. The van der Waals surface area contributed by atoms with Crippen LogP contribution in [0.5, 0.6) is 5.88 Å². The van der Waals surface area contributed by atoms with E-state index in [9.17, 15) is 4.79 Å². The number of carbonyl (C=O) groups is 1. The van der Waals surface area contributed by atoms with Gasteiger partial charge in [0.1, 0.15) is 0 Å². The largest absolute Gasteiger partial charge is 0.477 e. The Morgan fingerprint density at radius 3 is 2.21 bits per heavy atom. The average molecular weight is 391 g/mol. The van der Waals surface area contributed by atoms with Crippen LogP contribution in [-0.2, 0) is 11.3 Å². The second kappa shape index (κ2) is 12.3. The van der Waals surface area contributed by atoms with Gasteiger partial charge in [0.2, 0.25) is 12.3 Å². The average Bonchev–Trinajstić information content (AvgIpc) is 2.78. The Morgan fingerprint density at radius 1 is 0.966 bits per heavy atom. The first kappa shape index (κ1) is 22.2. The third kappa shape index (κ3) is 7.07. The van der Waals surface area contributed by atoms with Gasteiger partial charge in [-0.05, 0) is 43.0 Å². The second-order valence-electron chi connectivity index (χ2n) is 6.66. The molecular formula is C25H30N2O2. The SMILES string of the molecule is CCCOc1nccc(-c2ccccc2)c1C.CCN(C=O)Cc1ccccc1. The first-order valence-corrected chi connectivity index (χ1v) is 10.1. The highest BCUT2D eigenvalue weighted by molar-refractivity contribution is 5.68. The quantitative estimate of drug-likeness (QED) is 0.476. The molecule has 0 atom stereocenters. The maximum Gasteiger partial charge on any atom is 0.216 e. The Balaban J connectivity index is 0.000000221. The van der Waals surface area contributed by atoms with Crippen LogP contribution < -0.4 is 4.74 Å². The number of amides is 1. The van der Waals surface area contributed by atoms with Crippen LogP contribution in [0.4, 0.5) is 0 Å². The molecule has 1 heterocycles. The highest BCUT2D eigenvalue weighted by Crippen LogP contribution is 2.27. The fraction of sp³-hybridized carbons (Fsp3) is 0.280. The number of nitrogens with zero attached hydrogens (tertiary/aromatic N) is 2. The molecule has 0 saturated carbocycles. The first-order chi connectivity index (χ1) is 14.2. The summed E-state index contributed by atoms with van der Waals surface area (Å²) >= 11 is 0. The molecule has 0 aliphatic carbocycles. The lowest BCUT2D eigenvalue weighted by molar-refractivity contribution is -0.118. The van der Waals surface area contributed by atoms with Gasteiger partial charge in [-0.25, -0.2) is 4.98 Å². The van der Waals surface area contributed by atoms with E-state index in [-0.39, 0.29) is 0 Å². The summed E-state index contributed by atoms with van der Waals surface area (Å²) in [5.74, 6) is 0.744. The van der Waals surface area contributed by atoms with Crippen LogP contribution in [0.15, 0.2) is 72.9 Å². The van der Waals surface area contributed by atoms with Crippen LogP contribution in [0.25, 0.3) is 11.1 Å². The van der Waals surface area contributed by atoms with Gasteiger partial charge in [0.15, 0.2) is 0 Å². The van der Waals surface area contributed by atoms with Crippen molar-refractivity contribution in [3.63, 3.8) is 0 Å². The van der Waals surface area contributed by atoms with E-state index in [0.717, 1.165) is 30.8 Å². The molecule has 0 spiro atoms. The molecule has 29 heavy (non-hydrogen) atoms. The van der Waals surface area contributed by atoms with Crippen molar-refractivity contribution in [2.45, 2.75) is 33.7 Å². The van der Waals surface area contributed by atoms with Crippen molar-refractivity contribution >= 4 is 6.41 Å². The van der Waals surface area contributed by atoms with Crippen LogP contribution in [-0.4, -0.2) is 29.4 Å². The molecule has 0 bridgehead atoms. The molecule has 0 fully saturated rings. The standard InChI is InChI=1S/C15H17NO.C10H13NO/c1-3-11-17-15-12(2)14(9-10-16-15)13-7-5-4-6-8-13;1-2-11(9-12)8-10-6-4-3-5-7-10/h4-10H,3,11H2,1-2H3;3-7,9H,2,8H2,1H3. The van der Waals surface area contributed by atoms with E-state index in [1.165, 1.54) is 16.7 Å². The molecule has 0 N–H and O–H groups in total. The minimum Gasteiger partial charge on any atom is -0.477 e. The number of pyridine rings is 1. The monoisotopic (exact) mass is 390 g/mol. The van der Waals surface area contributed by atoms with Gasteiger partial charge in [0.25, 0.3) is 0 Å². The van der Waals surface area contributed by atoms with Crippen molar-refractivity contribution in [1.29, 1.82) is 0 Å². The topological polar surface area (TPSA) is 42.4 Å². The molecule has 3 rings (SSSR count). The summed E-state index contributed by atoms with van der Waals surface area (Å²) < 4.78 is 5.64. The van der Waals surface area contributed by atoms with Gasteiger partial charge in [0.05, 0.1) is 6.61 Å². The van der Waals surface area contributed by atoms with E-state index in [1.807, 2.05) is 61.5 Å². The minimum atomic E-state index is 0.709. The summed E-state index contributed by atoms with van der Waals surface area (Å²) in [5.41, 5.74) is 4.67. The fourth-order valence-corrected chi connectivity index (χ4v) is 2.83. The summed E-state index contributed by atoms with van der Waals surface area (Å²) in [6.07, 6.45) is 3.68. The highest BCUT2D eigenvalue weighted by atomic mass is 16.5. The summed E-state index contributed by atoms with van der Waals surface area (Å²) in [6.45, 7) is 8.30. The van der Waals surface area contributed by atoms with E-state index >= 15 is 0 Å². The maximum atomic E-state index is 10.5. The van der Waals surface area contributed by atoms with Gasteiger partial charge >= 0.3 is 0 Å². The van der Waals surface area contributed by atoms with Gasteiger partial charge in [-0.1, -0.05) is 67.6 Å². The molecule has 152 valence electrons. The highest BCUT2D eigenvalue weighted by Gasteiger charge is 2.07. The number of ether oxygens (including phenoxy) is 1. The Morgan fingerprint density at radius 2 is 1.62 bits per heavy atom. The Labute approximate surface area is 174 Å². The lowest BCUT2D eigenvalue weighted by Crippen LogP contribution is -2.20. The second-order valence-corrected chi connectivity index (χ2v) is 6.66. The van der Waals surface area contributed by atoms with Crippen LogP contribution in [0.1, 0.15) is 31.4 Å². The minimum absolute atomic E-state index is 0.709.